The van der Waals surface area contributed by atoms with Gasteiger partial charge in [-0.15, -0.1) is 0 Å². The van der Waals surface area contributed by atoms with Crippen molar-refractivity contribution in [2.75, 3.05) is 0 Å². The minimum Gasteiger partial charge on any atom is -0.361 e. The first-order valence-electron chi connectivity index (χ1n) is 11.7. The molecule has 3 heteroatoms. The van der Waals surface area contributed by atoms with Crippen LogP contribution < -0.4 is 10.9 Å². The third kappa shape index (κ3) is 4.48. The van der Waals surface area contributed by atoms with Gasteiger partial charge in [-0.2, -0.15) is 0 Å². The highest BCUT2D eigenvalue weighted by atomic mass is 31.1. The number of hydrogen-bond donors (Lipinski definition) is 2. The van der Waals surface area contributed by atoms with Gasteiger partial charge in [0.15, 0.2) is 0 Å². The smallest absolute Gasteiger partial charge is 0.0487 e. The third-order valence-corrected chi connectivity index (χ3v) is 9.37. The normalized spacial score (nSPS) is 19.2. The van der Waals surface area contributed by atoms with Gasteiger partial charge in [0.1, 0.15) is 0 Å². The number of H-pyrrole nitrogens is 2. The molecule has 0 spiro atoms. The van der Waals surface area contributed by atoms with Crippen LogP contribution in [0.25, 0.3) is 0 Å². The van der Waals surface area contributed by atoms with Crippen LogP contribution in [-0.2, 0) is 0 Å². The van der Waals surface area contributed by atoms with E-state index in [0.717, 1.165) is 11.8 Å². The van der Waals surface area contributed by atoms with Gasteiger partial charge >= 0.3 is 0 Å². The minimum atomic E-state index is -0.467. The SMILES string of the molecule is CCCC(=C(C1CCCCC1)C1CCCCC1)P(c1ccc[nH]1)c1ccc[nH]1. The molecule has 0 amide bonds. The molecule has 2 aromatic rings. The fraction of sp³-hybridized carbons (Fsp3) is 0.600. The molecule has 2 aliphatic carbocycles. The zero-order chi connectivity index (χ0) is 19.2. The number of allylic oxidation sites excluding steroid dienone is 2. The second-order valence-corrected chi connectivity index (χ2v) is 10.9. The van der Waals surface area contributed by atoms with Crippen molar-refractivity contribution in [1.29, 1.82) is 0 Å². The van der Waals surface area contributed by atoms with Crippen molar-refractivity contribution in [2.45, 2.75) is 84.0 Å². The third-order valence-electron chi connectivity index (χ3n) is 6.82. The van der Waals surface area contributed by atoms with Gasteiger partial charge in [0, 0.05) is 31.2 Å². The molecule has 2 nitrogen and oxygen atoms in total. The monoisotopic (exact) mass is 396 g/mol. The van der Waals surface area contributed by atoms with E-state index in [2.05, 4.69) is 53.6 Å². The topological polar surface area (TPSA) is 31.6 Å². The first-order chi connectivity index (χ1) is 13.9. The quantitative estimate of drug-likeness (QED) is 0.473. The maximum Gasteiger partial charge on any atom is 0.0487 e. The summed E-state index contributed by atoms with van der Waals surface area (Å²) in [6.45, 7) is 2.37. The van der Waals surface area contributed by atoms with Gasteiger partial charge in [0.2, 0.25) is 0 Å². The summed E-state index contributed by atoms with van der Waals surface area (Å²) < 4.78 is 0. The van der Waals surface area contributed by atoms with Crippen molar-refractivity contribution in [2.24, 2.45) is 11.8 Å². The van der Waals surface area contributed by atoms with Crippen LogP contribution in [0.2, 0.25) is 0 Å². The Morgan fingerprint density at radius 3 is 1.71 bits per heavy atom. The lowest BCUT2D eigenvalue weighted by Crippen LogP contribution is -2.23. The van der Waals surface area contributed by atoms with Crippen LogP contribution in [-0.4, -0.2) is 9.97 Å². The molecule has 0 bridgehead atoms. The molecule has 2 saturated carbocycles. The second kappa shape index (κ2) is 9.97. The summed E-state index contributed by atoms with van der Waals surface area (Å²) in [5.41, 5.74) is 4.76. The highest BCUT2D eigenvalue weighted by molar-refractivity contribution is 7.76. The lowest BCUT2D eigenvalue weighted by molar-refractivity contribution is 0.324. The molecule has 2 N–H and O–H groups in total. The van der Waals surface area contributed by atoms with Crippen molar-refractivity contribution in [1.82, 2.24) is 9.97 Å². The lowest BCUT2D eigenvalue weighted by Gasteiger charge is -2.36. The Labute approximate surface area is 172 Å². The molecular weight excluding hydrogens is 359 g/mol. The first-order valence-corrected chi connectivity index (χ1v) is 13.0. The summed E-state index contributed by atoms with van der Waals surface area (Å²) in [5, 5.41) is 1.81. The van der Waals surface area contributed by atoms with Gasteiger partial charge in [-0.1, -0.05) is 57.4 Å². The van der Waals surface area contributed by atoms with Gasteiger partial charge in [0.25, 0.3) is 0 Å². The van der Waals surface area contributed by atoms with Crippen LogP contribution in [0.1, 0.15) is 84.0 Å². The van der Waals surface area contributed by atoms with E-state index in [1.54, 1.807) is 5.31 Å². The first kappa shape index (κ1) is 20.0. The largest absolute Gasteiger partial charge is 0.361 e. The van der Waals surface area contributed by atoms with E-state index < -0.39 is 7.92 Å². The van der Waals surface area contributed by atoms with Gasteiger partial charge in [-0.3, -0.25) is 0 Å². The highest BCUT2D eigenvalue weighted by Gasteiger charge is 2.32. The summed E-state index contributed by atoms with van der Waals surface area (Å²) in [5.74, 6) is 1.68. The highest BCUT2D eigenvalue weighted by Crippen LogP contribution is 2.52. The Morgan fingerprint density at radius 1 is 0.821 bits per heavy atom. The number of aromatic amines is 2. The Morgan fingerprint density at radius 2 is 1.32 bits per heavy atom. The second-order valence-electron chi connectivity index (χ2n) is 8.77. The number of aromatic nitrogens is 2. The average Bonchev–Trinajstić information content (AvgIpc) is 3.45. The molecule has 0 saturated heterocycles. The van der Waals surface area contributed by atoms with Gasteiger partial charge in [-0.25, -0.2) is 0 Å². The summed E-state index contributed by atoms with van der Waals surface area (Å²) in [6.07, 6.45) is 21.1. The fourth-order valence-corrected chi connectivity index (χ4v) is 8.38. The maximum absolute atomic E-state index is 3.60. The average molecular weight is 397 g/mol. The van der Waals surface area contributed by atoms with E-state index in [-0.39, 0.29) is 0 Å². The molecule has 4 rings (SSSR count). The summed E-state index contributed by atoms with van der Waals surface area (Å²) in [4.78, 5) is 7.20. The predicted molar refractivity (Wildman–Crippen MR) is 123 cm³/mol. The summed E-state index contributed by atoms with van der Waals surface area (Å²) >= 11 is 0. The van der Waals surface area contributed by atoms with E-state index >= 15 is 0 Å². The molecular formula is C25H37N2P. The molecule has 28 heavy (non-hydrogen) atoms. The predicted octanol–water partition coefficient (Wildman–Crippen LogP) is 6.99. The van der Waals surface area contributed by atoms with Gasteiger partial charge in [0.05, 0.1) is 0 Å². The van der Waals surface area contributed by atoms with Crippen molar-refractivity contribution >= 4 is 18.8 Å². The van der Waals surface area contributed by atoms with Crippen molar-refractivity contribution in [3.63, 3.8) is 0 Å². The molecule has 0 aliphatic heterocycles. The maximum atomic E-state index is 3.60. The molecule has 152 valence electrons. The van der Waals surface area contributed by atoms with Crippen LogP contribution >= 0.6 is 7.92 Å². The molecule has 0 aromatic carbocycles. The van der Waals surface area contributed by atoms with E-state index in [1.807, 2.05) is 5.57 Å². The molecule has 2 aromatic heterocycles. The molecule has 2 fully saturated rings. The van der Waals surface area contributed by atoms with Crippen LogP contribution in [0.5, 0.6) is 0 Å². The molecule has 0 atom stereocenters. The standard InChI is InChI=1S/C25H37N2P/c1-2-11-22(28(23-16-9-18-26-23)24-17-10-19-27-24)25(20-12-5-3-6-13-20)21-14-7-4-8-15-21/h9-10,16-21,26-27H,2-8,11-15H2,1H3. The van der Waals surface area contributed by atoms with Crippen molar-refractivity contribution in [3.8, 4) is 0 Å². The van der Waals surface area contributed by atoms with Gasteiger partial charge < -0.3 is 9.97 Å². The van der Waals surface area contributed by atoms with E-state index in [4.69, 9.17) is 0 Å². The fourth-order valence-electron chi connectivity index (χ4n) is 5.59. The number of nitrogens with one attached hydrogen (secondary N) is 2. The molecule has 0 radical (unpaired) electrons. The van der Waals surface area contributed by atoms with Crippen molar-refractivity contribution < 1.29 is 0 Å². The lowest BCUT2D eigenvalue weighted by atomic mass is 9.73. The van der Waals surface area contributed by atoms with Crippen LogP contribution in [0.15, 0.2) is 47.5 Å². The van der Waals surface area contributed by atoms with Crippen LogP contribution in [0.4, 0.5) is 0 Å². The Kier molecular flexibility index (Phi) is 7.13. The Bertz CT molecular complexity index is 662. The molecule has 2 heterocycles. The van der Waals surface area contributed by atoms with Gasteiger partial charge in [-0.05, 0) is 73.5 Å². The Balaban J connectivity index is 1.83. The number of rotatable bonds is 7. The zero-order valence-electron chi connectivity index (χ0n) is 17.6. The van der Waals surface area contributed by atoms with E-state index in [0.29, 0.717) is 0 Å². The van der Waals surface area contributed by atoms with E-state index in [1.165, 1.54) is 87.9 Å². The Hall–Kier alpha value is -1.27. The minimum absolute atomic E-state index is 0.467. The molecule has 0 unspecified atom stereocenters. The zero-order valence-corrected chi connectivity index (χ0v) is 18.4. The molecule has 2 aliphatic rings. The van der Waals surface area contributed by atoms with Crippen LogP contribution in [0.3, 0.4) is 0 Å². The summed E-state index contributed by atoms with van der Waals surface area (Å²) in [7, 11) is -0.467. The number of hydrogen-bond acceptors (Lipinski definition) is 0. The van der Waals surface area contributed by atoms with E-state index in [9.17, 15) is 0 Å². The van der Waals surface area contributed by atoms with Crippen LogP contribution in [0, 0.1) is 11.8 Å². The summed E-state index contributed by atoms with van der Waals surface area (Å²) in [6, 6.07) is 9.00. The van der Waals surface area contributed by atoms with Crippen molar-refractivity contribution in [3.05, 3.63) is 47.5 Å².